The number of hydrogen-bond donors (Lipinski definition) is 1. The highest BCUT2D eigenvalue weighted by molar-refractivity contribution is 7.15. The van der Waals surface area contributed by atoms with Crippen molar-refractivity contribution in [2.45, 2.75) is 25.8 Å². The third kappa shape index (κ3) is 2.12. The van der Waals surface area contributed by atoms with E-state index in [0.29, 0.717) is 11.6 Å². The minimum Gasteiger partial charge on any atom is -0.340 e. The summed E-state index contributed by atoms with van der Waals surface area (Å²) in [5.74, 6) is 1.32. The Morgan fingerprint density at radius 2 is 2.27 bits per heavy atom. The molecule has 1 unspecified atom stereocenters. The Kier molecular flexibility index (Phi) is 3.04. The van der Waals surface area contributed by atoms with Crippen molar-refractivity contribution in [2.24, 2.45) is 13.0 Å². The second kappa shape index (κ2) is 4.95. The van der Waals surface area contributed by atoms with Crippen LogP contribution in [-0.2, 0) is 7.05 Å². The first-order valence-corrected chi connectivity index (χ1v) is 8.23. The number of rotatable bonds is 4. The number of aryl methyl sites for hydroxylation is 2. The van der Waals surface area contributed by atoms with Gasteiger partial charge < -0.3 is 9.88 Å². The van der Waals surface area contributed by atoms with E-state index < -0.39 is 0 Å². The summed E-state index contributed by atoms with van der Waals surface area (Å²) in [6.45, 7) is 1.88. The highest BCUT2D eigenvalue weighted by atomic mass is 32.1. The van der Waals surface area contributed by atoms with E-state index in [-0.39, 0.29) is 11.9 Å². The van der Waals surface area contributed by atoms with Gasteiger partial charge in [-0.3, -0.25) is 9.20 Å². The number of nitrogens with one attached hydrogen (secondary N) is 1. The van der Waals surface area contributed by atoms with E-state index in [0.717, 1.165) is 29.3 Å². The van der Waals surface area contributed by atoms with E-state index in [9.17, 15) is 4.79 Å². The zero-order valence-electron chi connectivity index (χ0n) is 12.5. The van der Waals surface area contributed by atoms with Crippen LogP contribution in [0.2, 0.25) is 0 Å². The third-order valence-corrected chi connectivity index (χ3v) is 4.92. The highest BCUT2D eigenvalue weighted by Crippen LogP contribution is 2.40. The summed E-state index contributed by atoms with van der Waals surface area (Å²) in [5, 5.41) is 5.11. The molecule has 1 aliphatic rings. The summed E-state index contributed by atoms with van der Waals surface area (Å²) < 4.78 is 3.84. The van der Waals surface area contributed by atoms with Crippen LogP contribution in [0, 0.1) is 12.8 Å². The third-order valence-electron chi connectivity index (χ3n) is 4.17. The number of imidazole rings is 2. The SMILES string of the molecule is Cc1nc2sccn2c1C(=O)NC(c1nccn1C)C1CC1. The van der Waals surface area contributed by atoms with Gasteiger partial charge in [0.1, 0.15) is 11.5 Å². The van der Waals surface area contributed by atoms with Crippen LogP contribution in [-0.4, -0.2) is 24.8 Å². The molecule has 0 spiro atoms. The van der Waals surface area contributed by atoms with Gasteiger partial charge in [0.05, 0.1) is 11.7 Å². The van der Waals surface area contributed by atoms with Gasteiger partial charge in [0.25, 0.3) is 5.91 Å². The number of fused-ring (bicyclic) bond motifs is 1. The maximum absolute atomic E-state index is 12.8. The number of carbonyl (C=O) groups is 1. The number of nitrogens with zero attached hydrogens (tertiary/aromatic N) is 4. The Bertz CT molecular complexity index is 841. The zero-order chi connectivity index (χ0) is 15.3. The van der Waals surface area contributed by atoms with E-state index in [1.807, 2.05) is 40.7 Å². The van der Waals surface area contributed by atoms with E-state index in [1.54, 1.807) is 6.20 Å². The molecule has 1 aliphatic carbocycles. The lowest BCUT2D eigenvalue weighted by Crippen LogP contribution is -2.32. The van der Waals surface area contributed by atoms with Gasteiger partial charge in [0.15, 0.2) is 4.96 Å². The van der Waals surface area contributed by atoms with Crippen molar-refractivity contribution in [3.05, 3.63) is 41.2 Å². The topological polar surface area (TPSA) is 64.2 Å². The summed E-state index contributed by atoms with van der Waals surface area (Å²) in [5.41, 5.74) is 1.38. The molecule has 114 valence electrons. The van der Waals surface area contributed by atoms with Crippen LogP contribution < -0.4 is 5.32 Å². The van der Waals surface area contributed by atoms with Gasteiger partial charge in [-0.1, -0.05) is 0 Å². The molecule has 1 fully saturated rings. The molecule has 0 bridgehead atoms. The van der Waals surface area contributed by atoms with Crippen LogP contribution in [0.5, 0.6) is 0 Å². The average Bonchev–Trinajstić information content (AvgIpc) is 2.95. The molecule has 0 saturated heterocycles. The number of aromatic nitrogens is 4. The van der Waals surface area contributed by atoms with E-state index in [4.69, 9.17) is 0 Å². The van der Waals surface area contributed by atoms with Gasteiger partial charge in [-0.25, -0.2) is 9.97 Å². The monoisotopic (exact) mass is 315 g/mol. The molecule has 1 saturated carbocycles. The molecule has 1 N–H and O–H groups in total. The van der Waals surface area contributed by atoms with Crippen molar-refractivity contribution >= 4 is 22.2 Å². The number of thiazole rings is 1. The fourth-order valence-electron chi connectivity index (χ4n) is 2.88. The highest BCUT2D eigenvalue weighted by Gasteiger charge is 2.36. The number of amides is 1. The van der Waals surface area contributed by atoms with Gasteiger partial charge in [0.2, 0.25) is 0 Å². The second-order valence-corrected chi connectivity index (χ2v) is 6.66. The van der Waals surface area contributed by atoms with Crippen molar-refractivity contribution in [2.75, 3.05) is 0 Å². The normalized spacial score (nSPS) is 16.1. The first-order valence-electron chi connectivity index (χ1n) is 7.35. The van der Waals surface area contributed by atoms with Crippen molar-refractivity contribution in [1.82, 2.24) is 24.3 Å². The molecule has 7 heteroatoms. The summed E-state index contributed by atoms with van der Waals surface area (Å²) in [6, 6.07) is -0.0314. The van der Waals surface area contributed by atoms with Crippen LogP contribution >= 0.6 is 11.3 Å². The summed E-state index contributed by atoms with van der Waals surface area (Å²) in [6.07, 6.45) is 7.85. The fraction of sp³-hybridized carbons (Fsp3) is 0.400. The van der Waals surface area contributed by atoms with Crippen LogP contribution in [0.25, 0.3) is 4.96 Å². The van der Waals surface area contributed by atoms with Gasteiger partial charge in [-0.05, 0) is 25.7 Å². The Hall–Kier alpha value is -2.15. The van der Waals surface area contributed by atoms with Crippen molar-refractivity contribution in [1.29, 1.82) is 0 Å². The summed E-state index contributed by atoms with van der Waals surface area (Å²) in [4.78, 5) is 22.5. The first-order chi connectivity index (χ1) is 10.6. The summed E-state index contributed by atoms with van der Waals surface area (Å²) in [7, 11) is 1.96. The first kappa shape index (κ1) is 13.5. The van der Waals surface area contributed by atoms with Crippen LogP contribution in [0.1, 0.15) is 40.9 Å². The van der Waals surface area contributed by atoms with Crippen molar-refractivity contribution in [3.63, 3.8) is 0 Å². The molecule has 0 aliphatic heterocycles. The predicted octanol–water partition coefficient (Wildman–Crippen LogP) is 2.32. The number of hydrogen-bond acceptors (Lipinski definition) is 4. The minimum atomic E-state index is -0.0803. The Balaban J connectivity index is 1.66. The molecule has 1 atom stereocenters. The van der Waals surface area contributed by atoms with E-state index in [1.165, 1.54) is 11.3 Å². The molecular weight excluding hydrogens is 298 g/mol. The number of carbonyl (C=O) groups excluding carboxylic acids is 1. The van der Waals surface area contributed by atoms with Crippen LogP contribution in [0.4, 0.5) is 0 Å². The lowest BCUT2D eigenvalue weighted by atomic mass is 10.1. The molecule has 6 nitrogen and oxygen atoms in total. The smallest absolute Gasteiger partial charge is 0.270 e. The molecule has 0 aromatic carbocycles. The molecule has 22 heavy (non-hydrogen) atoms. The van der Waals surface area contributed by atoms with Gasteiger partial charge in [-0.2, -0.15) is 0 Å². The van der Waals surface area contributed by atoms with E-state index >= 15 is 0 Å². The molecular formula is C15H17N5OS. The van der Waals surface area contributed by atoms with Crippen molar-refractivity contribution < 1.29 is 4.79 Å². The Morgan fingerprint density at radius 1 is 1.45 bits per heavy atom. The molecule has 3 aromatic heterocycles. The van der Waals surface area contributed by atoms with E-state index in [2.05, 4.69) is 15.3 Å². The van der Waals surface area contributed by atoms with Gasteiger partial charge >= 0.3 is 0 Å². The largest absolute Gasteiger partial charge is 0.340 e. The molecule has 3 heterocycles. The van der Waals surface area contributed by atoms with Gasteiger partial charge in [0, 0.05) is 31.0 Å². The molecule has 0 radical (unpaired) electrons. The molecule has 3 aromatic rings. The average molecular weight is 315 g/mol. The maximum Gasteiger partial charge on any atom is 0.270 e. The lowest BCUT2D eigenvalue weighted by molar-refractivity contribution is 0.0922. The zero-order valence-corrected chi connectivity index (χ0v) is 13.3. The van der Waals surface area contributed by atoms with Crippen LogP contribution in [0.15, 0.2) is 24.0 Å². The molecule has 1 amide bonds. The maximum atomic E-state index is 12.8. The predicted molar refractivity (Wildman–Crippen MR) is 83.9 cm³/mol. The summed E-state index contributed by atoms with van der Waals surface area (Å²) >= 11 is 1.53. The van der Waals surface area contributed by atoms with Crippen molar-refractivity contribution in [3.8, 4) is 0 Å². The quantitative estimate of drug-likeness (QED) is 0.803. The Labute approximate surface area is 131 Å². The lowest BCUT2D eigenvalue weighted by Gasteiger charge is -2.18. The second-order valence-electron chi connectivity index (χ2n) is 5.79. The Morgan fingerprint density at radius 3 is 2.95 bits per heavy atom. The van der Waals surface area contributed by atoms with Crippen LogP contribution in [0.3, 0.4) is 0 Å². The standard InChI is InChI=1S/C15H17N5OS/c1-9-12(20-7-8-22-15(20)17-9)14(21)18-11(10-3-4-10)13-16-5-6-19(13)2/h5-8,10-11H,3-4H2,1-2H3,(H,18,21). The van der Waals surface area contributed by atoms with Gasteiger partial charge in [-0.15, -0.1) is 11.3 Å². The fourth-order valence-corrected chi connectivity index (χ4v) is 3.64. The minimum absolute atomic E-state index is 0.0314. The molecule has 4 rings (SSSR count).